The number of carbonyl (C=O) groups is 2. The van der Waals surface area contributed by atoms with E-state index in [9.17, 15) is 14.4 Å². The molecule has 3 heterocycles. The van der Waals surface area contributed by atoms with Gasteiger partial charge in [-0.1, -0.05) is 23.7 Å². The fraction of sp³-hybridized carbons (Fsp3) is 0.107. The molecule has 36 heavy (non-hydrogen) atoms. The Hall–Kier alpha value is -4.36. The molecule has 1 aromatic heterocycles. The molecule has 6 rings (SSSR count). The number of esters is 1. The lowest BCUT2D eigenvalue weighted by Gasteiger charge is -2.25. The molecule has 7 nitrogen and oxygen atoms in total. The van der Waals surface area contributed by atoms with Gasteiger partial charge in [-0.25, -0.2) is 0 Å². The van der Waals surface area contributed by atoms with E-state index in [2.05, 4.69) is 0 Å². The van der Waals surface area contributed by atoms with Crippen molar-refractivity contribution in [2.24, 2.45) is 0 Å². The number of allylic oxidation sites excluding steroid dienone is 1. The van der Waals surface area contributed by atoms with E-state index in [0.717, 1.165) is 5.56 Å². The lowest BCUT2D eigenvalue weighted by molar-refractivity contribution is -0.135. The van der Waals surface area contributed by atoms with Gasteiger partial charge in [-0.2, -0.15) is 0 Å². The lowest BCUT2D eigenvalue weighted by Crippen LogP contribution is -2.25. The number of Topliss-reactive ketones (excluding diaryl/α,β-unsaturated/α-hetero) is 1. The first-order valence-corrected chi connectivity index (χ1v) is 11.5. The van der Waals surface area contributed by atoms with E-state index in [1.165, 1.54) is 12.3 Å². The van der Waals surface area contributed by atoms with Gasteiger partial charge in [0.25, 0.3) is 0 Å². The van der Waals surface area contributed by atoms with Crippen LogP contribution in [0.4, 0.5) is 0 Å². The summed E-state index contributed by atoms with van der Waals surface area (Å²) in [6, 6.07) is 15.0. The maximum Gasteiger partial charge on any atom is 0.312 e. The highest BCUT2D eigenvalue weighted by Crippen LogP contribution is 2.48. The summed E-state index contributed by atoms with van der Waals surface area (Å²) >= 11 is 6.10. The molecule has 8 heteroatoms. The number of rotatable bonds is 3. The van der Waals surface area contributed by atoms with E-state index in [1.54, 1.807) is 61.7 Å². The third-order valence-electron chi connectivity index (χ3n) is 6.33. The first kappa shape index (κ1) is 22.1. The number of ketones is 1. The summed E-state index contributed by atoms with van der Waals surface area (Å²) in [5, 5.41) is 0.684. The van der Waals surface area contributed by atoms with Crippen LogP contribution in [0.2, 0.25) is 5.02 Å². The van der Waals surface area contributed by atoms with Gasteiger partial charge in [-0.3, -0.25) is 14.4 Å². The van der Waals surface area contributed by atoms with Crippen LogP contribution in [0.15, 0.2) is 75.8 Å². The molecule has 0 amide bonds. The second kappa shape index (κ2) is 8.39. The molecule has 3 aromatic carbocycles. The SMILES string of the molecule is COc1ccc(/C=C2\Oc3c(ccc4c3[C@@H](c3coc5ccc(Cl)cc5c3=O)CC(=O)O4)C2=O)cc1. The van der Waals surface area contributed by atoms with Crippen LogP contribution in [0.3, 0.4) is 0 Å². The average molecular weight is 501 g/mol. The standard InChI is InChI=1S/C28H17ClO7/c1-33-16-5-2-14(3-6-16)10-23-27(32)17-7-9-22-25(28(17)36-23)18(12-24(30)35-22)20-13-34-21-8-4-15(29)11-19(21)26(20)31/h2-11,13,18H,12H2,1H3/b23-10-/t18-/m1/s1. The van der Waals surface area contributed by atoms with E-state index < -0.39 is 11.9 Å². The first-order chi connectivity index (χ1) is 17.4. The molecule has 0 radical (unpaired) electrons. The van der Waals surface area contributed by atoms with Crippen LogP contribution < -0.4 is 19.6 Å². The van der Waals surface area contributed by atoms with Gasteiger partial charge in [0.15, 0.2) is 11.2 Å². The molecule has 0 fully saturated rings. The number of hydrogen-bond acceptors (Lipinski definition) is 7. The summed E-state index contributed by atoms with van der Waals surface area (Å²) in [7, 11) is 1.57. The van der Waals surface area contributed by atoms with Gasteiger partial charge in [-0.15, -0.1) is 0 Å². The summed E-state index contributed by atoms with van der Waals surface area (Å²) in [4.78, 5) is 39.1. The van der Waals surface area contributed by atoms with Crippen molar-refractivity contribution in [2.75, 3.05) is 7.11 Å². The third-order valence-corrected chi connectivity index (χ3v) is 6.56. The Morgan fingerprint density at radius 2 is 1.81 bits per heavy atom. The number of methoxy groups -OCH3 is 1. The average Bonchev–Trinajstić information content (AvgIpc) is 3.19. The van der Waals surface area contributed by atoms with Crippen molar-refractivity contribution >= 4 is 40.4 Å². The largest absolute Gasteiger partial charge is 0.497 e. The zero-order chi connectivity index (χ0) is 25.0. The summed E-state index contributed by atoms with van der Waals surface area (Å²) in [6.07, 6.45) is 2.86. The Labute approximate surface area is 209 Å². The van der Waals surface area contributed by atoms with Crippen LogP contribution in [0.1, 0.15) is 39.4 Å². The maximum absolute atomic E-state index is 13.4. The fourth-order valence-electron chi connectivity index (χ4n) is 4.58. The molecule has 1 atom stereocenters. The van der Waals surface area contributed by atoms with Crippen molar-refractivity contribution in [3.8, 4) is 17.2 Å². The summed E-state index contributed by atoms with van der Waals surface area (Å²) < 4.78 is 22.4. The normalized spacial score (nSPS) is 17.5. The van der Waals surface area contributed by atoms with Gasteiger partial charge in [0.05, 0.1) is 30.7 Å². The minimum atomic E-state index is -0.732. The van der Waals surface area contributed by atoms with Crippen LogP contribution in [0.5, 0.6) is 17.2 Å². The molecule has 0 unspecified atom stereocenters. The minimum Gasteiger partial charge on any atom is -0.497 e. The lowest BCUT2D eigenvalue weighted by atomic mass is 9.85. The van der Waals surface area contributed by atoms with Gasteiger partial charge >= 0.3 is 5.97 Å². The Balaban J connectivity index is 1.48. The number of fused-ring (bicyclic) bond motifs is 4. The molecule has 0 N–H and O–H groups in total. The zero-order valence-corrected chi connectivity index (χ0v) is 19.6. The summed E-state index contributed by atoms with van der Waals surface area (Å²) in [5.41, 5.74) is 1.83. The second-order valence-corrected chi connectivity index (χ2v) is 8.89. The second-order valence-electron chi connectivity index (χ2n) is 8.46. The molecule has 0 bridgehead atoms. The highest BCUT2D eigenvalue weighted by Gasteiger charge is 2.39. The van der Waals surface area contributed by atoms with Crippen molar-refractivity contribution in [1.29, 1.82) is 0 Å². The third kappa shape index (κ3) is 3.56. The number of hydrogen-bond donors (Lipinski definition) is 0. The molecule has 2 aliphatic heterocycles. The predicted molar refractivity (Wildman–Crippen MR) is 132 cm³/mol. The molecule has 0 saturated carbocycles. The Morgan fingerprint density at radius 3 is 2.58 bits per heavy atom. The van der Waals surface area contributed by atoms with E-state index in [1.807, 2.05) is 0 Å². The molecule has 4 aromatic rings. The minimum absolute atomic E-state index is 0.116. The van der Waals surface area contributed by atoms with Crippen molar-refractivity contribution < 1.29 is 28.2 Å². The molecule has 0 spiro atoms. The van der Waals surface area contributed by atoms with Gasteiger partial charge < -0.3 is 18.6 Å². The number of benzene rings is 3. The zero-order valence-electron chi connectivity index (χ0n) is 18.9. The topological polar surface area (TPSA) is 92.0 Å². The molecular formula is C28H17ClO7. The number of halogens is 1. The van der Waals surface area contributed by atoms with Gasteiger partial charge in [0.2, 0.25) is 5.78 Å². The molecular weight excluding hydrogens is 484 g/mol. The highest BCUT2D eigenvalue weighted by molar-refractivity contribution is 6.31. The van der Waals surface area contributed by atoms with Crippen molar-refractivity contribution in [1.82, 2.24) is 0 Å². The van der Waals surface area contributed by atoms with Crippen LogP contribution >= 0.6 is 11.6 Å². The monoisotopic (exact) mass is 500 g/mol. The van der Waals surface area contributed by atoms with Crippen LogP contribution in [0, 0.1) is 0 Å². The smallest absolute Gasteiger partial charge is 0.312 e. The Morgan fingerprint density at radius 1 is 1.00 bits per heavy atom. The Kier molecular flexibility index (Phi) is 5.16. The first-order valence-electron chi connectivity index (χ1n) is 11.1. The quantitative estimate of drug-likeness (QED) is 0.208. The molecule has 2 aliphatic rings. The van der Waals surface area contributed by atoms with Gasteiger partial charge in [-0.05, 0) is 54.1 Å². The van der Waals surface area contributed by atoms with Crippen LogP contribution in [-0.2, 0) is 4.79 Å². The van der Waals surface area contributed by atoms with E-state index in [0.29, 0.717) is 32.9 Å². The summed E-state index contributed by atoms with van der Waals surface area (Å²) in [6.45, 7) is 0. The van der Waals surface area contributed by atoms with Crippen molar-refractivity contribution in [3.05, 3.63) is 104 Å². The maximum atomic E-state index is 13.4. The van der Waals surface area contributed by atoms with Crippen LogP contribution in [0.25, 0.3) is 17.0 Å². The predicted octanol–water partition coefficient (Wildman–Crippen LogP) is 5.51. The summed E-state index contributed by atoms with van der Waals surface area (Å²) in [5.74, 6) is -0.235. The number of carbonyl (C=O) groups excluding carboxylic acids is 2. The van der Waals surface area contributed by atoms with Crippen molar-refractivity contribution in [3.63, 3.8) is 0 Å². The van der Waals surface area contributed by atoms with E-state index in [-0.39, 0.29) is 40.5 Å². The van der Waals surface area contributed by atoms with Crippen LogP contribution in [-0.4, -0.2) is 18.9 Å². The molecule has 178 valence electrons. The highest BCUT2D eigenvalue weighted by atomic mass is 35.5. The fourth-order valence-corrected chi connectivity index (χ4v) is 4.75. The van der Waals surface area contributed by atoms with Gasteiger partial charge in [0, 0.05) is 22.1 Å². The number of ether oxygens (including phenoxy) is 3. The molecule has 0 saturated heterocycles. The van der Waals surface area contributed by atoms with E-state index in [4.69, 9.17) is 30.2 Å². The Bertz CT molecular complexity index is 1660. The van der Waals surface area contributed by atoms with Gasteiger partial charge in [0.1, 0.15) is 22.8 Å². The van der Waals surface area contributed by atoms with E-state index >= 15 is 0 Å². The molecule has 0 aliphatic carbocycles. The van der Waals surface area contributed by atoms with Crippen molar-refractivity contribution in [2.45, 2.75) is 12.3 Å².